The van der Waals surface area contributed by atoms with Crippen LogP contribution in [-0.4, -0.2) is 18.1 Å². The molecule has 0 radical (unpaired) electrons. The number of hydrogen-bond donors (Lipinski definition) is 1. The van der Waals surface area contributed by atoms with Crippen LogP contribution in [0.2, 0.25) is 5.02 Å². The van der Waals surface area contributed by atoms with Gasteiger partial charge in [-0.05, 0) is 36.0 Å². The van der Waals surface area contributed by atoms with E-state index >= 15 is 0 Å². The first kappa shape index (κ1) is 13.5. The van der Waals surface area contributed by atoms with Crippen molar-refractivity contribution in [2.24, 2.45) is 0 Å². The van der Waals surface area contributed by atoms with E-state index in [1.165, 1.54) is 10.5 Å². The third kappa shape index (κ3) is 3.53. The Morgan fingerprint density at radius 3 is 2.82 bits per heavy atom. The maximum Gasteiger partial charge on any atom is 0.0676 e. The molecule has 1 N–H and O–H groups in total. The summed E-state index contributed by atoms with van der Waals surface area (Å²) >= 11 is 8.49. The molecule has 1 aliphatic rings. The van der Waals surface area contributed by atoms with Crippen LogP contribution in [0, 0.1) is 0 Å². The minimum Gasteiger partial charge on any atom is -0.317 e. The highest BCUT2D eigenvalue weighted by Crippen LogP contribution is 2.33. The average Bonchev–Trinajstić information content (AvgIpc) is 2.32. The summed E-state index contributed by atoms with van der Waals surface area (Å²) in [6, 6.07) is 7.85. The molecule has 2 rings (SSSR count). The monoisotopic (exact) mass is 380 g/mol. The summed E-state index contributed by atoms with van der Waals surface area (Å²) in [4.78, 5) is 1.50. The quantitative estimate of drug-likeness (QED) is 0.763. The van der Waals surface area contributed by atoms with Crippen LogP contribution in [0.4, 0.5) is 5.69 Å². The number of rotatable bonds is 3. The van der Waals surface area contributed by atoms with E-state index in [9.17, 15) is 0 Å². The Labute approximate surface area is 123 Å². The van der Waals surface area contributed by atoms with Crippen LogP contribution in [-0.2, 0) is 0 Å². The number of para-hydroxylation sites is 1. The average molecular weight is 381 g/mol. The summed E-state index contributed by atoms with van der Waals surface area (Å²) in [6.45, 7) is 4.17. The number of nitrogens with one attached hydrogen (secondary N) is 1. The fourth-order valence-corrected chi connectivity index (χ4v) is 4.16. The van der Waals surface area contributed by atoms with Gasteiger partial charge in [0.1, 0.15) is 0 Å². The summed E-state index contributed by atoms with van der Waals surface area (Å²) in [5, 5.41) is 2.98. The molecule has 92 valence electrons. The molecule has 0 bridgehead atoms. The Morgan fingerprint density at radius 2 is 2.18 bits per heavy atom. The zero-order valence-electron chi connectivity index (χ0n) is 9.54. The van der Waals surface area contributed by atoms with Crippen LogP contribution in [0.1, 0.15) is 13.3 Å². The van der Waals surface area contributed by atoms with Crippen LogP contribution < -0.4 is 5.43 Å². The Balaban J connectivity index is 2.03. The second kappa shape index (κ2) is 6.31. The van der Waals surface area contributed by atoms with Crippen molar-refractivity contribution in [2.45, 2.75) is 13.3 Å². The largest absolute Gasteiger partial charge is 0.317 e. The summed E-state index contributed by atoms with van der Waals surface area (Å²) < 4.78 is 0. The van der Waals surface area contributed by atoms with Crippen molar-refractivity contribution in [3.05, 3.63) is 39.8 Å². The van der Waals surface area contributed by atoms with Crippen LogP contribution in [0.25, 0.3) is 0 Å². The molecular weight excluding hydrogens is 367 g/mol. The molecular formula is C12H14ClIN2S. The Morgan fingerprint density at radius 1 is 1.41 bits per heavy atom. The van der Waals surface area contributed by atoms with Crippen molar-refractivity contribution in [2.75, 3.05) is 18.5 Å². The molecule has 0 unspecified atom stereocenters. The zero-order valence-corrected chi connectivity index (χ0v) is 13.3. The van der Waals surface area contributed by atoms with Gasteiger partial charge in [0.25, 0.3) is 0 Å². The maximum absolute atomic E-state index is 6.13. The number of halogens is 2. The number of benzene rings is 1. The fraction of sp³-hybridized carbons (Fsp3) is 0.333. The number of hydrogen-bond acceptors (Lipinski definition) is 3. The summed E-state index contributed by atoms with van der Waals surface area (Å²) in [5.41, 5.74) is 5.80. The number of anilines is 1. The molecule has 0 saturated carbocycles. The Hall–Kier alpha value is 0.0900. The van der Waals surface area contributed by atoms with Gasteiger partial charge in [-0.15, -0.1) is 0 Å². The maximum atomic E-state index is 6.13. The molecule has 1 aromatic rings. The predicted octanol–water partition coefficient (Wildman–Crippen LogP) is 4.73. The van der Waals surface area contributed by atoms with Gasteiger partial charge in [0, 0.05) is 34.3 Å². The molecule has 0 aromatic heterocycles. The lowest BCUT2D eigenvalue weighted by Gasteiger charge is -2.30. The van der Waals surface area contributed by atoms with E-state index in [1.807, 2.05) is 33.2 Å². The predicted molar refractivity (Wildman–Crippen MR) is 85.6 cm³/mol. The van der Waals surface area contributed by atoms with Gasteiger partial charge in [-0.25, -0.2) is 5.01 Å². The van der Waals surface area contributed by atoms with Crippen LogP contribution in [0.5, 0.6) is 0 Å². The molecule has 17 heavy (non-hydrogen) atoms. The highest BCUT2D eigenvalue weighted by molar-refractivity contribution is 14.2. The van der Waals surface area contributed by atoms with E-state index in [-0.39, 0.29) is 0 Å². The molecule has 0 aliphatic carbocycles. The van der Waals surface area contributed by atoms with E-state index in [0.29, 0.717) is 0 Å². The molecule has 1 heterocycles. The second-order valence-corrected chi connectivity index (χ2v) is 6.42. The third-order valence-electron chi connectivity index (χ3n) is 2.76. The van der Waals surface area contributed by atoms with Gasteiger partial charge in [0.2, 0.25) is 0 Å². The van der Waals surface area contributed by atoms with Gasteiger partial charge < -0.3 is 5.43 Å². The number of nitrogens with zero attached hydrogens (tertiary/aromatic N) is 1. The van der Waals surface area contributed by atoms with E-state index in [4.69, 9.17) is 11.6 Å². The smallest absolute Gasteiger partial charge is 0.0676 e. The van der Waals surface area contributed by atoms with Crippen LogP contribution in [0.15, 0.2) is 34.7 Å². The lowest BCUT2D eigenvalue weighted by atomic mass is 10.1. The van der Waals surface area contributed by atoms with Gasteiger partial charge in [-0.1, -0.05) is 32.7 Å². The first-order valence-electron chi connectivity index (χ1n) is 5.44. The molecule has 1 aliphatic heterocycles. The Kier molecular flexibility index (Phi) is 5.02. The van der Waals surface area contributed by atoms with Crippen molar-refractivity contribution in [3.8, 4) is 0 Å². The second-order valence-electron chi connectivity index (χ2n) is 4.04. The molecule has 0 fully saturated rings. The molecule has 0 amide bonds. The van der Waals surface area contributed by atoms with E-state index in [0.717, 1.165) is 30.2 Å². The highest BCUT2D eigenvalue weighted by atomic mass is 127. The standard InChI is InChI=1S/C12H14ClIN2S/c1-9-8-16(7-6-12(9)17-14)15-11-5-3-2-4-10(11)13/h2-5,15H,6-8H2,1H3. The van der Waals surface area contributed by atoms with Crippen molar-refractivity contribution in [1.29, 1.82) is 0 Å². The van der Waals surface area contributed by atoms with Crippen molar-refractivity contribution >= 4 is 47.4 Å². The molecule has 5 heteroatoms. The van der Waals surface area contributed by atoms with Crippen LogP contribution in [0.3, 0.4) is 0 Å². The van der Waals surface area contributed by atoms with Gasteiger partial charge >= 0.3 is 0 Å². The molecule has 0 spiro atoms. The van der Waals surface area contributed by atoms with Gasteiger partial charge in [-0.3, -0.25) is 0 Å². The SMILES string of the molecule is CC1=C(SI)CCN(Nc2ccccc2Cl)C1. The lowest BCUT2D eigenvalue weighted by Crippen LogP contribution is -2.35. The Bertz CT molecular complexity index is 436. The molecule has 0 saturated heterocycles. The fourth-order valence-electron chi connectivity index (χ4n) is 1.83. The molecule has 0 atom stereocenters. The van der Waals surface area contributed by atoms with Crippen molar-refractivity contribution in [1.82, 2.24) is 5.01 Å². The summed E-state index contributed by atoms with van der Waals surface area (Å²) in [6.07, 6.45) is 1.11. The molecule has 2 nitrogen and oxygen atoms in total. The third-order valence-corrected chi connectivity index (χ3v) is 5.42. The van der Waals surface area contributed by atoms with Gasteiger partial charge in [-0.2, -0.15) is 0 Å². The number of hydrazine groups is 1. The normalized spacial score (nSPS) is 17.4. The van der Waals surface area contributed by atoms with E-state index < -0.39 is 0 Å². The van der Waals surface area contributed by atoms with Crippen molar-refractivity contribution in [3.63, 3.8) is 0 Å². The molecule has 1 aromatic carbocycles. The summed E-state index contributed by atoms with van der Waals surface area (Å²) in [7, 11) is 1.83. The van der Waals surface area contributed by atoms with Crippen molar-refractivity contribution < 1.29 is 0 Å². The minimum atomic E-state index is 0.767. The highest BCUT2D eigenvalue weighted by Gasteiger charge is 2.16. The minimum absolute atomic E-state index is 0.767. The van der Waals surface area contributed by atoms with E-state index in [2.05, 4.69) is 38.6 Å². The van der Waals surface area contributed by atoms with Gasteiger partial charge in [0.15, 0.2) is 0 Å². The summed E-state index contributed by atoms with van der Waals surface area (Å²) in [5.74, 6) is 0. The van der Waals surface area contributed by atoms with Crippen LogP contribution >= 0.6 is 41.7 Å². The topological polar surface area (TPSA) is 15.3 Å². The first-order valence-corrected chi connectivity index (χ1v) is 9.18. The lowest BCUT2D eigenvalue weighted by molar-refractivity contribution is 0.347. The zero-order chi connectivity index (χ0) is 12.3. The first-order chi connectivity index (χ1) is 8.20. The van der Waals surface area contributed by atoms with Gasteiger partial charge in [0.05, 0.1) is 10.7 Å². The van der Waals surface area contributed by atoms with E-state index in [1.54, 1.807) is 0 Å².